The number of rotatable bonds is 11. The molecule has 3 aliphatic heterocycles. The predicted octanol–water partition coefficient (Wildman–Crippen LogP) is 6.97. The normalized spacial score (nSPS) is 20.5. The zero-order valence-corrected chi connectivity index (χ0v) is 37.9. The van der Waals surface area contributed by atoms with Crippen LogP contribution in [0.25, 0.3) is 33.3 Å². The highest BCUT2D eigenvalue weighted by atomic mass is 19.4. The van der Waals surface area contributed by atoms with Crippen molar-refractivity contribution in [3.63, 3.8) is 0 Å². The minimum absolute atomic E-state index is 0.0692. The van der Waals surface area contributed by atoms with Crippen LogP contribution in [0.2, 0.25) is 0 Å². The van der Waals surface area contributed by atoms with E-state index in [-0.39, 0.29) is 56.4 Å². The highest BCUT2D eigenvalue weighted by molar-refractivity contribution is 5.95. The smallest absolute Gasteiger partial charge is 0.406 e. The van der Waals surface area contributed by atoms with Gasteiger partial charge in [-0.05, 0) is 84.7 Å². The number of hydrogen-bond donors (Lipinski definition) is 2. The third-order valence-electron chi connectivity index (χ3n) is 12.6. The van der Waals surface area contributed by atoms with Gasteiger partial charge in [0.15, 0.2) is 0 Å². The van der Waals surface area contributed by atoms with Gasteiger partial charge < -0.3 is 29.0 Å². The van der Waals surface area contributed by atoms with Crippen LogP contribution in [0.3, 0.4) is 0 Å². The number of fused-ring (bicyclic) bond motifs is 6. The first kappa shape index (κ1) is 47.4. The maximum atomic E-state index is 14.6. The number of hydrogen-bond acceptors (Lipinski definition) is 9. The van der Waals surface area contributed by atoms with Gasteiger partial charge in [-0.2, -0.15) is 13.2 Å². The number of carbonyl (C=O) groups is 4. The zero-order valence-electron chi connectivity index (χ0n) is 37.9. The molecule has 2 N–H and O–H groups in total. The standard InChI is InChI=1S/C49H59F3N6O7/c1-8-42(59)56-24-34(25-56)64-26-38(29(2)3)45(60)54-40-21-31-12-9-13-32(20-31)33-16-17-41-36(22-33)37(23-48(5,6)28-65-47(62)39-15-11-19-58(55-39)46(40)61)44(57(41)27-49(50,51)52)35-14-10-18-53-43(35)30(4)63-7/h8-10,12-14,16-18,20,22,29-30,34,38-40,55H,1,11,15,19,21,23-28H2,2-7H3,(H,54,60)/t30-,38?,39-,40-/m0/s1. The minimum Gasteiger partial charge on any atom is -0.464 e. The van der Waals surface area contributed by atoms with Crippen molar-refractivity contribution in [3.8, 4) is 22.4 Å². The van der Waals surface area contributed by atoms with E-state index >= 15 is 0 Å². The second kappa shape index (κ2) is 19.5. The van der Waals surface area contributed by atoms with Crippen molar-refractivity contribution in [1.29, 1.82) is 0 Å². The van der Waals surface area contributed by atoms with E-state index in [2.05, 4.69) is 22.3 Å². The summed E-state index contributed by atoms with van der Waals surface area (Å²) in [6, 6.07) is 14.5. The number of aromatic nitrogens is 2. The number of hydrazine groups is 1. The van der Waals surface area contributed by atoms with Crippen molar-refractivity contribution in [2.75, 3.05) is 40.0 Å². The number of likely N-dealkylation sites (tertiary alicyclic amines) is 1. The largest absolute Gasteiger partial charge is 0.464 e. The minimum atomic E-state index is -4.57. The Kier molecular flexibility index (Phi) is 14.2. The highest BCUT2D eigenvalue weighted by Gasteiger charge is 2.38. The molecule has 0 aliphatic carbocycles. The molecule has 0 radical (unpaired) electrons. The Morgan fingerprint density at radius 2 is 1.83 bits per heavy atom. The number of cyclic esters (lactones) is 1. The summed E-state index contributed by atoms with van der Waals surface area (Å²) < 4.78 is 63.0. The van der Waals surface area contributed by atoms with Crippen LogP contribution in [0, 0.1) is 17.3 Å². The Morgan fingerprint density at radius 3 is 2.54 bits per heavy atom. The van der Waals surface area contributed by atoms with E-state index in [1.54, 1.807) is 42.3 Å². The van der Waals surface area contributed by atoms with Crippen molar-refractivity contribution in [3.05, 3.63) is 90.3 Å². The number of nitrogens with one attached hydrogen (secondary N) is 2. The number of benzene rings is 2. The summed E-state index contributed by atoms with van der Waals surface area (Å²) in [4.78, 5) is 60.7. The SMILES string of the molecule is C=CC(=O)N1CC(OCC(C(=O)N[C@H]2Cc3cccc(c3)-c3ccc4c(c3)c(c(-c3cccnc3[C@H](C)OC)n4CC(F)(F)F)CC(C)(C)COC(=O)[C@@H]3CCCN(N3)C2=O)C(C)C)C1. The summed E-state index contributed by atoms with van der Waals surface area (Å²) in [5.41, 5.74) is 6.87. The number of pyridine rings is 1. The van der Waals surface area contributed by atoms with E-state index in [9.17, 15) is 32.3 Å². The maximum Gasteiger partial charge on any atom is 0.406 e. The lowest BCUT2D eigenvalue weighted by molar-refractivity contribution is -0.155. The van der Waals surface area contributed by atoms with Crippen LogP contribution < -0.4 is 10.7 Å². The summed E-state index contributed by atoms with van der Waals surface area (Å²) in [7, 11) is 1.52. The van der Waals surface area contributed by atoms with Crippen LogP contribution >= 0.6 is 0 Å². The Balaban J connectivity index is 1.30. The van der Waals surface area contributed by atoms with Gasteiger partial charge in [-0.3, -0.25) is 29.2 Å². The molecule has 13 nitrogen and oxygen atoms in total. The fourth-order valence-corrected chi connectivity index (χ4v) is 8.94. The number of amides is 3. The maximum absolute atomic E-state index is 14.6. The second-order valence-corrected chi connectivity index (χ2v) is 18.6. The van der Waals surface area contributed by atoms with E-state index in [0.717, 1.165) is 16.7 Å². The third kappa shape index (κ3) is 10.8. The molecule has 0 spiro atoms. The van der Waals surface area contributed by atoms with E-state index in [4.69, 9.17) is 14.2 Å². The molecule has 1 unspecified atom stereocenters. The molecule has 2 aromatic heterocycles. The summed E-state index contributed by atoms with van der Waals surface area (Å²) in [6.45, 7) is 12.8. The fraction of sp³-hybridized carbons (Fsp3) is 0.490. The van der Waals surface area contributed by atoms with Crippen LogP contribution in [0.15, 0.2) is 73.4 Å². The number of esters is 1. The Bertz CT molecular complexity index is 2430. The molecule has 65 heavy (non-hydrogen) atoms. The van der Waals surface area contributed by atoms with Crippen molar-refractivity contribution < 1.29 is 46.6 Å². The lowest BCUT2D eigenvalue weighted by Gasteiger charge is -2.39. The molecular formula is C49H59F3N6O7. The van der Waals surface area contributed by atoms with Crippen molar-refractivity contribution in [2.24, 2.45) is 17.3 Å². The monoisotopic (exact) mass is 900 g/mol. The fourth-order valence-electron chi connectivity index (χ4n) is 8.94. The van der Waals surface area contributed by atoms with Gasteiger partial charge in [-0.1, -0.05) is 64.6 Å². The van der Waals surface area contributed by atoms with Gasteiger partial charge >= 0.3 is 12.1 Å². The first-order valence-electron chi connectivity index (χ1n) is 22.2. The Hall–Kier alpha value is -5.58. The van der Waals surface area contributed by atoms with Crippen molar-refractivity contribution in [1.82, 2.24) is 30.2 Å². The van der Waals surface area contributed by atoms with Crippen LogP contribution in [0.1, 0.15) is 70.4 Å². The molecule has 0 saturated carbocycles. The summed E-state index contributed by atoms with van der Waals surface area (Å²) in [5, 5.41) is 5.02. The Labute approximate surface area is 377 Å². The van der Waals surface area contributed by atoms with Gasteiger partial charge in [-0.15, -0.1) is 0 Å². The Morgan fingerprint density at radius 1 is 1.08 bits per heavy atom. The number of alkyl halides is 3. The van der Waals surface area contributed by atoms with E-state index in [0.29, 0.717) is 59.3 Å². The molecule has 3 aliphatic rings. The predicted molar refractivity (Wildman–Crippen MR) is 239 cm³/mol. The number of ether oxygens (including phenoxy) is 3. The van der Waals surface area contributed by atoms with Crippen molar-refractivity contribution >= 4 is 34.6 Å². The molecule has 348 valence electrons. The van der Waals surface area contributed by atoms with E-state index in [1.165, 1.54) is 22.8 Å². The van der Waals surface area contributed by atoms with Crippen molar-refractivity contribution in [2.45, 2.75) is 97.3 Å². The number of carbonyl (C=O) groups excluding carboxylic acids is 4. The van der Waals surface area contributed by atoms with Crippen LogP contribution in [-0.2, 0) is 52.8 Å². The van der Waals surface area contributed by atoms with Gasteiger partial charge in [0.25, 0.3) is 5.91 Å². The van der Waals surface area contributed by atoms with E-state index < -0.39 is 54.1 Å². The second-order valence-electron chi connectivity index (χ2n) is 18.6. The topological polar surface area (TPSA) is 144 Å². The molecule has 5 heterocycles. The average molecular weight is 901 g/mol. The molecular weight excluding hydrogens is 842 g/mol. The average Bonchev–Trinajstić information content (AvgIpc) is 3.54. The van der Waals surface area contributed by atoms with Gasteiger partial charge in [-0.25, -0.2) is 5.43 Å². The van der Waals surface area contributed by atoms with Gasteiger partial charge in [0.1, 0.15) is 18.6 Å². The molecule has 2 fully saturated rings. The molecule has 4 aromatic rings. The van der Waals surface area contributed by atoms with E-state index in [1.807, 2.05) is 58.0 Å². The number of nitrogens with zero attached hydrogens (tertiary/aromatic N) is 4. The third-order valence-corrected chi connectivity index (χ3v) is 12.6. The molecule has 3 amide bonds. The number of halogens is 3. The van der Waals surface area contributed by atoms with Gasteiger partial charge in [0.2, 0.25) is 11.8 Å². The van der Waals surface area contributed by atoms with Crippen LogP contribution in [0.4, 0.5) is 13.2 Å². The molecule has 7 rings (SSSR count). The first-order chi connectivity index (χ1) is 30.9. The lowest BCUT2D eigenvalue weighted by Crippen LogP contribution is -2.61. The molecule has 4 atom stereocenters. The van der Waals surface area contributed by atoms with Gasteiger partial charge in [0.05, 0.1) is 42.7 Å². The lowest BCUT2D eigenvalue weighted by atomic mass is 9.84. The first-order valence-corrected chi connectivity index (χ1v) is 22.2. The van der Waals surface area contributed by atoms with Gasteiger partial charge in [0, 0.05) is 61.2 Å². The summed E-state index contributed by atoms with van der Waals surface area (Å²) in [6.07, 6.45) is -1.29. The molecule has 2 saturated heterocycles. The van der Waals surface area contributed by atoms with Crippen LogP contribution in [-0.4, -0.2) is 107 Å². The quantitative estimate of drug-likeness (QED) is 0.121. The summed E-state index contributed by atoms with van der Waals surface area (Å²) >= 11 is 0. The highest BCUT2D eigenvalue weighted by Crippen LogP contribution is 2.43. The molecule has 6 bridgehead atoms. The summed E-state index contributed by atoms with van der Waals surface area (Å²) in [5.74, 6) is -2.34. The zero-order chi connectivity index (χ0) is 46.8. The number of methoxy groups -OCH3 is 1. The molecule has 2 aromatic carbocycles. The van der Waals surface area contributed by atoms with Crippen LogP contribution in [0.5, 0.6) is 0 Å². The molecule has 16 heteroatoms.